The molecule has 9 heteroatoms. The minimum absolute atomic E-state index is 0.0333. The number of halogens is 2. The molecule has 0 bridgehead atoms. The second-order valence-electron chi connectivity index (χ2n) is 7.91. The topological polar surface area (TPSA) is 80.5 Å². The van der Waals surface area contributed by atoms with Crippen molar-refractivity contribution in [1.29, 1.82) is 0 Å². The van der Waals surface area contributed by atoms with Gasteiger partial charge in [0.2, 0.25) is 5.82 Å². The molecule has 1 atom stereocenters. The lowest BCUT2D eigenvalue weighted by molar-refractivity contribution is 0.244. The molecule has 0 radical (unpaired) electrons. The number of nitrogens with zero attached hydrogens (tertiary/aromatic N) is 3. The molecule has 4 aromatic rings. The number of amides is 2. The molecule has 176 valence electrons. The SMILES string of the molecule is COc1ccc(C2NC(=O)N(c3cc(F)cc(F)c3)C(C)=C2c2nc(-c3ccccc3)no2)cc1. The molecule has 2 amide bonds. The van der Waals surface area contributed by atoms with E-state index in [0.717, 1.165) is 29.3 Å². The van der Waals surface area contributed by atoms with Gasteiger partial charge in [-0.2, -0.15) is 4.98 Å². The summed E-state index contributed by atoms with van der Waals surface area (Å²) in [6, 6.07) is 18.1. The Morgan fingerprint density at radius 3 is 2.34 bits per heavy atom. The maximum absolute atomic E-state index is 14.0. The second kappa shape index (κ2) is 9.02. The van der Waals surface area contributed by atoms with Crippen LogP contribution in [0.2, 0.25) is 0 Å². The number of carbonyl (C=O) groups is 1. The monoisotopic (exact) mass is 474 g/mol. The van der Waals surface area contributed by atoms with E-state index in [-0.39, 0.29) is 11.6 Å². The predicted octanol–water partition coefficient (Wildman–Crippen LogP) is 5.73. The third kappa shape index (κ3) is 4.23. The third-order valence-electron chi connectivity index (χ3n) is 5.73. The van der Waals surface area contributed by atoms with Crippen molar-refractivity contribution >= 4 is 17.3 Å². The lowest BCUT2D eigenvalue weighted by Crippen LogP contribution is -2.46. The highest BCUT2D eigenvalue weighted by molar-refractivity contribution is 6.01. The van der Waals surface area contributed by atoms with Gasteiger partial charge in [-0.3, -0.25) is 4.90 Å². The van der Waals surface area contributed by atoms with Crippen LogP contribution in [0.3, 0.4) is 0 Å². The molecule has 7 nitrogen and oxygen atoms in total. The number of rotatable bonds is 5. The van der Waals surface area contributed by atoms with Crippen molar-refractivity contribution in [2.24, 2.45) is 0 Å². The van der Waals surface area contributed by atoms with Crippen LogP contribution >= 0.6 is 0 Å². The molecule has 1 aliphatic rings. The van der Waals surface area contributed by atoms with Crippen LogP contribution in [0.5, 0.6) is 5.75 Å². The number of methoxy groups -OCH3 is 1. The molecule has 1 N–H and O–H groups in total. The van der Waals surface area contributed by atoms with E-state index in [2.05, 4.69) is 15.5 Å². The number of urea groups is 1. The molecule has 0 saturated heterocycles. The maximum atomic E-state index is 14.0. The number of hydrogen-bond acceptors (Lipinski definition) is 5. The van der Waals surface area contributed by atoms with E-state index in [1.54, 1.807) is 26.2 Å². The number of hydrogen-bond donors (Lipinski definition) is 1. The standard InChI is InChI=1S/C26H20F2N4O3/c1-15-22(25-30-24(31-35-25)17-6-4-3-5-7-17)23(16-8-10-21(34-2)11-9-16)29-26(33)32(15)20-13-18(27)12-19(28)14-20/h3-14,23H,1-2H3,(H,29,33). The Balaban J connectivity index is 1.66. The average molecular weight is 474 g/mol. The van der Waals surface area contributed by atoms with Crippen molar-refractivity contribution in [2.75, 3.05) is 12.0 Å². The Hall–Kier alpha value is -4.53. The predicted molar refractivity (Wildman–Crippen MR) is 125 cm³/mol. The van der Waals surface area contributed by atoms with E-state index < -0.39 is 23.7 Å². The van der Waals surface area contributed by atoms with E-state index in [1.807, 2.05) is 42.5 Å². The Morgan fingerprint density at radius 2 is 1.69 bits per heavy atom. The summed E-state index contributed by atoms with van der Waals surface area (Å²) in [5.41, 5.74) is 2.41. The lowest BCUT2D eigenvalue weighted by atomic mass is 9.94. The highest BCUT2D eigenvalue weighted by atomic mass is 19.1. The normalized spacial score (nSPS) is 15.8. The number of aromatic nitrogens is 2. The number of allylic oxidation sites excluding steroid dienone is 1. The first-order valence-corrected chi connectivity index (χ1v) is 10.8. The molecule has 1 aliphatic heterocycles. The molecular formula is C26H20F2N4O3. The van der Waals surface area contributed by atoms with Gasteiger partial charge < -0.3 is 14.6 Å². The van der Waals surface area contributed by atoms with Gasteiger partial charge in [-0.05, 0) is 36.8 Å². The van der Waals surface area contributed by atoms with Gasteiger partial charge in [0.15, 0.2) is 0 Å². The summed E-state index contributed by atoms with van der Waals surface area (Å²) in [6.45, 7) is 1.67. The van der Waals surface area contributed by atoms with E-state index in [1.165, 1.54) is 4.90 Å². The summed E-state index contributed by atoms with van der Waals surface area (Å²) in [7, 11) is 1.56. The molecule has 0 spiro atoms. The van der Waals surface area contributed by atoms with Crippen molar-refractivity contribution in [3.8, 4) is 17.1 Å². The van der Waals surface area contributed by atoms with E-state index >= 15 is 0 Å². The van der Waals surface area contributed by atoms with Crippen LogP contribution < -0.4 is 15.0 Å². The van der Waals surface area contributed by atoms with Crippen LogP contribution in [-0.4, -0.2) is 23.3 Å². The number of carbonyl (C=O) groups excluding carboxylic acids is 1. The van der Waals surface area contributed by atoms with Gasteiger partial charge in [0.25, 0.3) is 5.89 Å². The quantitative estimate of drug-likeness (QED) is 0.400. The molecule has 35 heavy (non-hydrogen) atoms. The van der Waals surface area contributed by atoms with Gasteiger partial charge >= 0.3 is 6.03 Å². The van der Waals surface area contributed by atoms with Crippen LogP contribution in [0.4, 0.5) is 19.3 Å². The summed E-state index contributed by atoms with van der Waals surface area (Å²) < 4.78 is 38.9. The third-order valence-corrected chi connectivity index (χ3v) is 5.73. The van der Waals surface area contributed by atoms with Gasteiger partial charge in [0, 0.05) is 17.3 Å². The Bertz CT molecular complexity index is 1400. The summed E-state index contributed by atoms with van der Waals surface area (Å²) in [4.78, 5) is 18.9. The lowest BCUT2D eigenvalue weighted by Gasteiger charge is -2.35. The number of anilines is 1. The van der Waals surface area contributed by atoms with Crippen LogP contribution in [0, 0.1) is 11.6 Å². The smallest absolute Gasteiger partial charge is 0.327 e. The minimum atomic E-state index is -0.802. The van der Waals surface area contributed by atoms with E-state index in [9.17, 15) is 13.6 Å². The largest absolute Gasteiger partial charge is 0.497 e. The first-order chi connectivity index (χ1) is 16.9. The molecule has 2 heterocycles. The van der Waals surface area contributed by atoms with Gasteiger partial charge in [0.05, 0.1) is 24.4 Å². The van der Waals surface area contributed by atoms with Crippen LogP contribution in [0.25, 0.3) is 17.0 Å². The van der Waals surface area contributed by atoms with Crippen molar-refractivity contribution < 1.29 is 22.8 Å². The number of ether oxygens (including phenoxy) is 1. The molecule has 0 aliphatic carbocycles. The molecule has 1 unspecified atom stereocenters. The Kier molecular flexibility index (Phi) is 5.74. The van der Waals surface area contributed by atoms with Crippen LogP contribution in [0.15, 0.2) is 83.0 Å². The van der Waals surface area contributed by atoms with Crippen LogP contribution in [0.1, 0.15) is 24.4 Å². The number of nitrogens with one attached hydrogen (secondary N) is 1. The molecule has 3 aromatic carbocycles. The van der Waals surface area contributed by atoms with Gasteiger partial charge in [0.1, 0.15) is 17.4 Å². The van der Waals surface area contributed by atoms with Gasteiger partial charge in [-0.25, -0.2) is 13.6 Å². The molecule has 0 fully saturated rings. The van der Waals surface area contributed by atoms with Crippen LogP contribution in [-0.2, 0) is 0 Å². The minimum Gasteiger partial charge on any atom is -0.497 e. The molecule has 5 rings (SSSR count). The summed E-state index contributed by atoms with van der Waals surface area (Å²) in [5.74, 6) is -0.412. The second-order valence-corrected chi connectivity index (χ2v) is 7.91. The Labute approximate surface area is 199 Å². The van der Waals surface area contributed by atoms with Gasteiger partial charge in [-0.1, -0.05) is 47.6 Å². The fourth-order valence-corrected chi connectivity index (χ4v) is 4.08. The fraction of sp³-hybridized carbons (Fsp3) is 0.115. The summed E-state index contributed by atoms with van der Waals surface area (Å²) in [5, 5.41) is 7.01. The van der Waals surface area contributed by atoms with Crippen molar-refractivity contribution in [1.82, 2.24) is 15.5 Å². The van der Waals surface area contributed by atoms with E-state index in [0.29, 0.717) is 22.8 Å². The summed E-state index contributed by atoms with van der Waals surface area (Å²) >= 11 is 0. The first-order valence-electron chi connectivity index (χ1n) is 10.8. The van der Waals surface area contributed by atoms with Crippen molar-refractivity contribution in [2.45, 2.75) is 13.0 Å². The molecular weight excluding hydrogens is 454 g/mol. The van der Waals surface area contributed by atoms with E-state index in [4.69, 9.17) is 9.26 Å². The van der Waals surface area contributed by atoms with Crippen molar-refractivity contribution in [3.63, 3.8) is 0 Å². The zero-order chi connectivity index (χ0) is 24.5. The highest BCUT2D eigenvalue weighted by Gasteiger charge is 2.36. The first kappa shape index (κ1) is 22.3. The summed E-state index contributed by atoms with van der Waals surface area (Å²) in [6.07, 6.45) is 0. The molecule has 1 aromatic heterocycles. The van der Waals surface area contributed by atoms with Crippen molar-refractivity contribution in [3.05, 3.63) is 102 Å². The highest BCUT2D eigenvalue weighted by Crippen LogP contribution is 2.39. The fourth-order valence-electron chi connectivity index (χ4n) is 4.08. The number of benzene rings is 3. The Morgan fingerprint density at radius 1 is 1.00 bits per heavy atom. The zero-order valence-electron chi connectivity index (χ0n) is 18.8. The molecule has 0 saturated carbocycles. The zero-order valence-corrected chi connectivity index (χ0v) is 18.8. The maximum Gasteiger partial charge on any atom is 0.327 e. The van der Waals surface area contributed by atoms with Gasteiger partial charge in [-0.15, -0.1) is 0 Å². The average Bonchev–Trinajstić information content (AvgIpc) is 3.33.